The number of benzene rings is 2. The topological polar surface area (TPSA) is 55.5 Å². The van der Waals surface area contributed by atoms with Gasteiger partial charge in [0.05, 0.1) is 16.5 Å². The second-order valence-electron chi connectivity index (χ2n) is 4.00. The van der Waals surface area contributed by atoms with E-state index in [9.17, 15) is 4.21 Å². The van der Waals surface area contributed by atoms with E-state index in [4.69, 9.17) is 16.1 Å². The lowest BCUT2D eigenvalue weighted by atomic mass is 10.2. The third-order valence-corrected chi connectivity index (χ3v) is 3.92. The first-order chi connectivity index (χ1) is 9.74. The monoisotopic (exact) mass is 304 g/mol. The van der Waals surface area contributed by atoms with Crippen LogP contribution >= 0.6 is 11.6 Å². The van der Waals surface area contributed by atoms with Crippen molar-refractivity contribution in [3.05, 3.63) is 59.2 Å². The van der Waals surface area contributed by atoms with E-state index < -0.39 is 11.0 Å². The Labute approximate surface area is 122 Å². The molecule has 3 aromatic rings. The van der Waals surface area contributed by atoms with Gasteiger partial charge in [0, 0.05) is 5.02 Å². The van der Waals surface area contributed by atoms with Crippen LogP contribution in [0, 0.1) is 0 Å². The van der Waals surface area contributed by atoms with Gasteiger partial charge in [-0.1, -0.05) is 28.9 Å². The van der Waals surface area contributed by atoms with Gasteiger partial charge in [0.25, 0.3) is 0 Å². The van der Waals surface area contributed by atoms with Gasteiger partial charge in [-0.3, -0.25) is 0 Å². The number of aromatic nitrogens is 1. The molecule has 3 rings (SSSR count). The van der Waals surface area contributed by atoms with Gasteiger partial charge >= 0.3 is 0 Å². The summed E-state index contributed by atoms with van der Waals surface area (Å²) in [6.07, 6.45) is 1.45. The molecule has 1 aromatic heterocycles. The summed E-state index contributed by atoms with van der Waals surface area (Å²) in [4.78, 5) is 0.582. The molecule has 0 aliphatic carbocycles. The molecule has 1 atom stereocenters. The van der Waals surface area contributed by atoms with E-state index in [1.54, 1.807) is 24.3 Å². The minimum absolute atomic E-state index is 0.558. The quantitative estimate of drug-likeness (QED) is 0.694. The van der Waals surface area contributed by atoms with Crippen molar-refractivity contribution in [2.45, 2.75) is 4.90 Å². The lowest BCUT2D eigenvalue weighted by Gasteiger charge is -1.95. The van der Waals surface area contributed by atoms with Crippen molar-refractivity contribution < 1.29 is 8.73 Å². The largest absolute Gasteiger partial charge is 0.356 e. The minimum Gasteiger partial charge on any atom is -0.356 e. The maximum Gasteiger partial charge on any atom is 0.172 e. The zero-order chi connectivity index (χ0) is 13.9. The van der Waals surface area contributed by atoms with Gasteiger partial charge in [0.15, 0.2) is 16.6 Å². The van der Waals surface area contributed by atoms with Crippen LogP contribution in [0.25, 0.3) is 11.0 Å². The Bertz CT molecular complexity index is 796. The van der Waals surface area contributed by atoms with Crippen LogP contribution in [0.3, 0.4) is 0 Å². The van der Waals surface area contributed by atoms with E-state index >= 15 is 0 Å². The number of fused-ring (bicyclic) bond motifs is 1. The lowest BCUT2D eigenvalue weighted by Crippen LogP contribution is -1.89. The highest BCUT2D eigenvalue weighted by Crippen LogP contribution is 2.17. The van der Waals surface area contributed by atoms with E-state index in [0.29, 0.717) is 21.2 Å². The van der Waals surface area contributed by atoms with Crippen molar-refractivity contribution in [1.82, 2.24) is 5.16 Å². The summed E-state index contributed by atoms with van der Waals surface area (Å²) in [5, 5.41) is 5.33. The third kappa shape index (κ3) is 2.64. The summed E-state index contributed by atoms with van der Waals surface area (Å²) in [6.45, 7) is 0. The number of hydrogen-bond acceptors (Lipinski definition) is 3. The first-order valence-corrected chi connectivity index (χ1v) is 7.28. The summed E-state index contributed by atoms with van der Waals surface area (Å²) >= 11 is 5.78. The minimum atomic E-state index is -1.49. The molecule has 0 amide bonds. The average Bonchev–Trinajstić information content (AvgIpc) is 2.89. The number of nitrogens with zero attached hydrogens (tertiary/aromatic N) is 2. The van der Waals surface area contributed by atoms with E-state index in [1.807, 2.05) is 24.3 Å². The highest BCUT2D eigenvalue weighted by molar-refractivity contribution is 7.83. The van der Waals surface area contributed by atoms with Crippen molar-refractivity contribution in [2.75, 3.05) is 0 Å². The molecule has 1 heterocycles. The Morgan fingerprint density at radius 3 is 2.70 bits per heavy atom. The summed E-state index contributed by atoms with van der Waals surface area (Å²) < 4.78 is 21.1. The molecule has 100 valence electrons. The van der Waals surface area contributed by atoms with Crippen LogP contribution < -0.4 is 0 Å². The number of hydrogen-bond donors (Lipinski definition) is 0. The molecule has 0 aliphatic heterocycles. The summed E-state index contributed by atoms with van der Waals surface area (Å²) in [6, 6.07) is 14.1. The summed E-state index contributed by atoms with van der Waals surface area (Å²) in [5.41, 5.74) is 1.23. The first-order valence-electron chi connectivity index (χ1n) is 5.80. The zero-order valence-electron chi connectivity index (χ0n) is 10.2. The Morgan fingerprint density at radius 2 is 1.90 bits per heavy atom. The molecule has 1 unspecified atom stereocenters. The van der Waals surface area contributed by atoms with Crippen LogP contribution in [0.2, 0.25) is 5.02 Å². The van der Waals surface area contributed by atoms with Crippen molar-refractivity contribution in [1.29, 1.82) is 0 Å². The molecular weight excluding hydrogens is 296 g/mol. The molecule has 2 aromatic carbocycles. The van der Waals surface area contributed by atoms with Crippen molar-refractivity contribution in [2.24, 2.45) is 4.40 Å². The standard InChI is InChI=1S/C14H9ClN2O2S/c15-10-5-7-11(8-6-10)20(18)16-9-13-12-3-1-2-4-14(12)19-17-13/h1-9H/b16-9+. The number of halogens is 1. The third-order valence-electron chi connectivity index (χ3n) is 2.69. The molecule has 0 spiro atoms. The van der Waals surface area contributed by atoms with Gasteiger partial charge in [-0.05, 0) is 36.4 Å². The van der Waals surface area contributed by atoms with Crippen LogP contribution in [-0.4, -0.2) is 15.6 Å². The maximum absolute atomic E-state index is 12.0. The van der Waals surface area contributed by atoms with Gasteiger partial charge < -0.3 is 4.52 Å². The Morgan fingerprint density at radius 1 is 1.15 bits per heavy atom. The van der Waals surface area contributed by atoms with Gasteiger partial charge in [0.2, 0.25) is 0 Å². The van der Waals surface area contributed by atoms with Crippen LogP contribution in [0.4, 0.5) is 0 Å². The molecule has 4 nitrogen and oxygen atoms in total. The predicted molar refractivity (Wildman–Crippen MR) is 79.5 cm³/mol. The molecule has 0 bridgehead atoms. The fourth-order valence-electron chi connectivity index (χ4n) is 1.71. The van der Waals surface area contributed by atoms with E-state index in [-0.39, 0.29) is 0 Å². The highest BCUT2D eigenvalue weighted by Gasteiger charge is 2.06. The Hall–Kier alpha value is -1.98. The molecule has 0 radical (unpaired) electrons. The highest BCUT2D eigenvalue weighted by atomic mass is 35.5. The molecule has 0 saturated carbocycles. The average molecular weight is 305 g/mol. The molecule has 20 heavy (non-hydrogen) atoms. The van der Waals surface area contributed by atoms with E-state index in [0.717, 1.165) is 5.39 Å². The van der Waals surface area contributed by atoms with E-state index in [1.165, 1.54) is 6.21 Å². The van der Waals surface area contributed by atoms with Crippen molar-refractivity contribution >= 4 is 39.8 Å². The fourth-order valence-corrected chi connectivity index (χ4v) is 2.52. The summed E-state index contributed by atoms with van der Waals surface area (Å²) in [5.74, 6) is 0. The van der Waals surface area contributed by atoms with Crippen LogP contribution in [0.15, 0.2) is 62.3 Å². The van der Waals surface area contributed by atoms with E-state index in [2.05, 4.69) is 9.55 Å². The molecular formula is C14H9ClN2O2S. The van der Waals surface area contributed by atoms with Crippen molar-refractivity contribution in [3.63, 3.8) is 0 Å². The summed E-state index contributed by atoms with van der Waals surface area (Å²) in [7, 11) is -1.49. The molecule has 0 fully saturated rings. The Balaban J connectivity index is 1.87. The lowest BCUT2D eigenvalue weighted by molar-refractivity contribution is 0.455. The first kappa shape index (κ1) is 13.0. The predicted octanol–water partition coefficient (Wildman–Crippen LogP) is 3.62. The SMILES string of the molecule is O=S(/N=C/c1noc2ccccc12)c1ccc(Cl)cc1. The van der Waals surface area contributed by atoms with Crippen LogP contribution in [0.5, 0.6) is 0 Å². The normalized spacial score (nSPS) is 13.1. The second kappa shape index (κ2) is 5.56. The van der Waals surface area contributed by atoms with Crippen LogP contribution in [0.1, 0.15) is 5.69 Å². The number of para-hydroxylation sites is 1. The van der Waals surface area contributed by atoms with Crippen molar-refractivity contribution in [3.8, 4) is 0 Å². The molecule has 6 heteroatoms. The Kier molecular flexibility index (Phi) is 3.62. The molecule has 0 saturated heterocycles. The zero-order valence-corrected chi connectivity index (χ0v) is 11.8. The number of rotatable bonds is 3. The maximum atomic E-state index is 12.0. The van der Waals surface area contributed by atoms with Gasteiger partial charge in [0.1, 0.15) is 5.69 Å². The van der Waals surface area contributed by atoms with Gasteiger partial charge in [-0.25, -0.2) is 4.21 Å². The van der Waals surface area contributed by atoms with Gasteiger partial charge in [-0.2, -0.15) is 4.40 Å². The fraction of sp³-hybridized carbons (Fsp3) is 0. The second-order valence-corrected chi connectivity index (χ2v) is 5.62. The van der Waals surface area contributed by atoms with Gasteiger partial charge in [-0.15, -0.1) is 0 Å². The van der Waals surface area contributed by atoms with Crippen LogP contribution in [-0.2, 0) is 11.0 Å². The molecule has 0 N–H and O–H groups in total. The smallest absolute Gasteiger partial charge is 0.172 e. The molecule has 0 aliphatic rings.